The van der Waals surface area contributed by atoms with Crippen LogP contribution < -0.4 is 94.6 Å². The van der Waals surface area contributed by atoms with Gasteiger partial charge in [0.25, 0.3) is 0 Å². The number of carboxylic acids is 2. The number of primary amides is 1. The second-order valence-corrected chi connectivity index (χ2v) is 21.9. The van der Waals surface area contributed by atoms with Crippen molar-refractivity contribution in [2.75, 3.05) is 45.8 Å². The van der Waals surface area contributed by atoms with Gasteiger partial charge in [-0.25, -0.2) is 4.79 Å². The number of rotatable bonds is 43. The van der Waals surface area contributed by atoms with Crippen molar-refractivity contribution < 1.29 is 72.9 Å². The first-order chi connectivity index (χ1) is 42.5. The molecule has 2 heterocycles. The molecular weight excluding hydrogens is 1180 g/mol. The topological polar surface area (TPSA) is 654 Å². The van der Waals surface area contributed by atoms with Crippen molar-refractivity contribution in [3.63, 3.8) is 0 Å². The molecular formula is C53H96N22O15. The van der Waals surface area contributed by atoms with Crippen LogP contribution in [-0.4, -0.2) is 226 Å². The van der Waals surface area contributed by atoms with E-state index in [-0.39, 0.29) is 154 Å². The van der Waals surface area contributed by atoms with Gasteiger partial charge in [0, 0.05) is 39.1 Å². The molecule has 11 atom stereocenters. The number of likely N-dealkylation sites (tertiary alicyclic amines) is 2. The van der Waals surface area contributed by atoms with Gasteiger partial charge in [0.15, 0.2) is 17.9 Å². The summed E-state index contributed by atoms with van der Waals surface area (Å²) < 4.78 is 0. The van der Waals surface area contributed by atoms with Crippen molar-refractivity contribution in [3.8, 4) is 0 Å². The van der Waals surface area contributed by atoms with Gasteiger partial charge in [-0.1, -0.05) is 0 Å². The van der Waals surface area contributed by atoms with Gasteiger partial charge in [-0.05, 0) is 129 Å². The summed E-state index contributed by atoms with van der Waals surface area (Å²) in [5.74, 6) is -12.7. The van der Waals surface area contributed by atoms with E-state index in [9.17, 15) is 72.9 Å². The summed E-state index contributed by atoms with van der Waals surface area (Å²) in [5.41, 5.74) is 55.9. The van der Waals surface area contributed by atoms with E-state index in [2.05, 4.69) is 52.2 Å². The zero-order valence-corrected chi connectivity index (χ0v) is 51.0. The molecule has 0 spiro atoms. The fourth-order valence-corrected chi connectivity index (χ4v) is 9.89. The number of carbonyl (C=O) groups is 12. The van der Waals surface area contributed by atoms with Crippen LogP contribution in [0, 0.1) is 0 Å². The molecule has 0 aromatic heterocycles. The summed E-state index contributed by atoms with van der Waals surface area (Å²) in [4.78, 5) is 176. The number of aliphatic hydroxyl groups is 1. The number of aliphatic carboxylic acids is 2. The van der Waals surface area contributed by atoms with Crippen LogP contribution in [0.5, 0.6) is 0 Å². The molecule has 0 radical (unpaired) electrons. The van der Waals surface area contributed by atoms with Crippen LogP contribution in [0.25, 0.3) is 0 Å². The maximum Gasteiger partial charge on any atom is 0.326 e. The van der Waals surface area contributed by atoms with Crippen molar-refractivity contribution in [1.29, 1.82) is 0 Å². The molecule has 0 aromatic carbocycles. The van der Waals surface area contributed by atoms with Crippen molar-refractivity contribution in [2.24, 2.45) is 72.3 Å². The van der Waals surface area contributed by atoms with Crippen molar-refractivity contribution in [3.05, 3.63) is 0 Å². The van der Waals surface area contributed by atoms with Gasteiger partial charge < -0.3 is 120 Å². The molecule has 0 aromatic rings. The van der Waals surface area contributed by atoms with Gasteiger partial charge in [-0.3, -0.25) is 67.7 Å². The summed E-state index contributed by atoms with van der Waals surface area (Å²) in [5, 5.41) is 47.8. The zero-order valence-electron chi connectivity index (χ0n) is 51.0. The second-order valence-electron chi connectivity index (χ2n) is 21.9. The number of carboxylic acid groups (broad SMARTS) is 2. The number of nitrogens with zero attached hydrogens (tertiary/aromatic N) is 5. The lowest BCUT2D eigenvalue weighted by Crippen LogP contribution is -2.61. The summed E-state index contributed by atoms with van der Waals surface area (Å²) in [6.07, 6.45) is -1.16. The van der Waals surface area contributed by atoms with Crippen molar-refractivity contribution in [1.82, 2.24) is 47.0 Å². The van der Waals surface area contributed by atoms with Crippen LogP contribution in [0.1, 0.15) is 129 Å². The number of hydrogen-bond acceptors (Lipinski definition) is 19. The average molecular weight is 1280 g/mol. The number of nitrogens with one attached hydrogen (secondary N) is 7. The van der Waals surface area contributed by atoms with E-state index in [0.717, 1.165) is 11.8 Å². The Labute approximate surface area is 520 Å². The average Bonchev–Trinajstić information content (AvgIpc) is 1.77. The normalized spacial score (nSPS) is 17.4. The lowest BCUT2D eigenvalue weighted by atomic mass is 10.0. The molecule has 2 aliphatic heterocycles. The maximum atomic E-state index is 14.7. The molecule has 0 bridgehead atoms. The molecule has 0 unspecified atom stereocenters. The molecule has 2 aliphatic rings. The number of nitrogens with two attached hydrogens (primary N) is 10. The lowest BCUT2D eigenvalue weighted by Gasteiger charge is -2.31. The molecule has 0 aliphatic carbocycles. The summed E-state index contributed by atoms with van der Waals surface area (Å²) in [6.45, 7) is 1.48. The third-order valence-corrected chi connectivity index (χ3v) is 14.6. The molecule has 10 amide bonds. The predicted molar refractivity (Wildman–Crippen MR) is 327 cm³/mol. The quantitative estimate of drug-likeness (QED) is 0.0153. The van der Waals surface area contributed by atoms with E-state index in [1.165, 1.54) is 4.90 Å². The van der Waals surface area contributed by atoms with Crippen LogP contribution in [-0.2, 0) is 57.5 Å². The molecule has 508 valence electrons. The molecule has 37 nitrogen and oxygen atoms in total. The molecule has 30 N–H and O–H groups in total. The van der Waals surface area contributed by atoms with E-state index in [1.807, 2.05) is 0 Å². The van der Waals surface area contributed by atoms with Gasteiger partial charge in [0.2, 0.25) is 59.1 Å². The van der Waals surface area contributed by atoms with Crippen LogP contribution in [0.15, 0.2) is 15.0 Å². The summed E-state index contributed by atoms with van der Waals surface area (Å²) in [7, 11) is 0. The SMILES string of the molecule is C[C@@H](O)[C@H](NC(=O)[C@H](CC(=O)O)NC(=O)[C@H](CCCCN)NC(=O)[C@H](CCCN=C(N)N)NC(=O)[C@H](CCCN=C(N)N)NC(=O)[C@@H]1CCCN1C(=O)[C@H](CCCN=C(N)N)NC(=O)[C@H](CCCCN)NC(=O)[C@@H](N)CCC(N)=O)C(=O)N1CCC[C@H]1C(=O)O. The van der Waals surface area contributed by atoms with Crippen LogP contribution in [0.4, 0.5) is 0 Å². The molecule has 90 heavy (non-hydrogen) atoms. The Bertz CT molecular complexity index is 2530. The third kappa shape index (κ3) is 28.2. The Morgan fingerprint density at radius 3 is 1.27 bits per heavy atom. The highest BCUT2D eigenvalue weighted by atomic mass is 16.4. The number of unbranched alkanes of at least 4 members (excludes halogenated alkanes) is 2. The first-order valence-corrected chi connectivity index (χ1v) is 30.0. The maximum absolute atomic E-state index is 14.7. The first-order valence-electron chi connectivity index (χ1n) is 30.0. The first kappa shape index (κ1) is 77.4. The Morgan fingerprint density at radius 1 is 0.478 bits per heavy atom. The Hall–Kier alpha value is -8.71. The zero-order chi connectivity index (χ0) is 67.6. The number of aliphatic hydroxyl groups excluding tert-OH is 1. The Morgan fingerprint density at radius 2 is 0.856 bits per heavy atom. The smallest absolute Gasteiger partial charge is 0.326 e. The minimum Gasteiger partial charge on any atom is -0.481 e. The molecule has 2 rings (SSSR count). The monoisotopic (exact) mass is 1280 g/mol. The number of guanidine groups is 3. The highest BCUT2D eigenvalue weighted by molar-refractivity contribution is 5.99. The van der Waals surface area contributed by atoms with E-state index in [4.69, 9.17) is 57.3 Å². The largest absolute Gasteiger partial charge is 0.481 e. The molecule has 2 saturated heterocycles. The minimum absolute atomic E-state index is 0.0134. The molecule has 0 saturated carbocycles. The predicted octanol–water partition coefficient (Wildman–Crippen LogP) is -8.69. The van der Waals surface area contributed by atoms with Crippen LogP contribution >= 0.6 is 0 Å². The van der Waals surface area contributed by atoms with Gasteiger partial charge in [0.1, 0.15) is 54.4 Å². The molecule has 37 heteroatoms. The highest BCUT2D eigenvalue weighted by Crippen LogP contribution is 2.22. The second kappa shape index (κ2) is 40.8. The number of aliphatic imine (C=N–C) groups is 3. The van der Waals surface area contributed by atoms with E-state index >= 15 is 0 Å². The number of hydrogen-bond donors (Lipinski definition) is 20. The number of carbonyl (C=O) groups excluding carboxylic acids is 10. The summed E-state index contributed by atoms with van der Waals surface area (Å²) in [6, 6.07) is -14.5. The fraction of sp³-hybridized carbons (Fsp3) is 0.717. The van der Waals surface area contributed by atoms with E-state index < -0.39 is 144 Å². The molecule has 2 fully saturated rings. The number of amides is 10. The van der Waals surface area contributed by atoms with Gasteiger partial charge >= 0.3 is 11.9 Å². The van der Waals surface area contributed by atoms with Crippen LogP contribution in [0.3, 0.4) is 0 Å². The third-order valence-electron chi connectivity index (χ3n) is 14.6. The Balaban J connectivity index is 2.56. The lowest BCUT2D eigenvalue weighted by molar-refractivity contribution is -0.151. The van der Waals surface area contributed by atoms with Gasteiger partial charge in [-0.15, -0.1) is 0 Å². The van der Waals surface area contributed by atoms with Gasteiger partial charge in [-0.2, -0.15) is 0 Å². The van der Waals surface area contributed by atoms with Gasteiger partial charge in [0.05, 0.1) is 18.6 Å². The van der Waals surface area contributed by atoms with Crippen molar-refractivity contribution >= 4 is 88.9 Å². The van der Waals surface area contributed by atoms with Crippen LogP contribution in [0.2, 0.25) is 0 Å². The highest BCUT2D eigenvalue weighted by Gasteiger charge is 2.42. The minimum atomic E-state index is -1.94. The standard InChI is InChI=1S/C53H96N22O15/c1-28(76)40(49(88)75-26-10-17-37(75)50(89)90)73-46(85)35(27-39(78)79)72-45(84)31(12-3-5-21-55)68-42(81)32(13-6-22-64-51(58)59)69-43(82)33(14-7-23-65-52(60)61)70-47(86)36-16-9-25-74(36)48(87)34(15-8-24-66-53(62)63)71-44(83)30(11-2-4-20-54)67-41(80)29(56)18-19-38(57)77/h28-37,40,76H,2-27,54-56H2,1H3,(H2,57,77)(H,67,80)(H,68,81)(H,69,82)(H,70,86)(H,71,83)(H,72,84)(H,73,85)(H,78,79)(H,89,90)(H4,58,59,64)(H4,60,61,65)(H4,62,63,66)/t28-,29+,30+,31+,32+,33+,34+,35+,36+,37+,40+/m1/s1. The fourth-order valence-electron chi connectivity index (χ4n) is 9.89. The van der Waals surface area contributed by atoms with Crippen molar-refractivity contribution in [2.45, 2.75) is 195 Å². The van der Waals surface area contributed by atoms with E-state index in [0.29, 0.717) is 25.7 Å². The van der Waals surface area contributed by atoms with E-state index in [1.54, 1.807) is 0 Å². The Kier molecular flexibility index (Phi) is 35.0. The summed E-state index contributed by atoms with van der Waals surface area (Å²) >= 11 is 0.